The van der Waals surface area contributed by atoms with Gasteiger partial charge in [-0.15, -0.1) is 0 Å². The van der Waals surface area contributed by atoms with Crippen LogP contribution in [-0.4, -0.2) is 27.4 Å². The minimum absolute atomic E-state index is 0.144. The van der Waals surface area contributed by atoms with Crippen LogP contribution in [0.1, 0.15) is 80.1 Å². The molecule has 0 spiro atoms. The molecule has 0 bridgehead atoms. The van der Waals surface area contributed by atoms with Gasteiger partial charge in [-0.25, -0.2) is 0 Å². The normalized spacial score (nSPS) is 24.0. The molecule has 0 aliphatic heterocycles. The highest BCUT2D eigenvalue weighted by Gasteiger charge is 2.53. The van der Waals surface area contributed by atoms with Gasteiger partial charge < -0.3 is 10.2 Å². The first kappa shape index (κ1) is 21.9. The van der Waals surface area contributed by atoms with Crippen LogP contribution in [0.15, 0.2) is 11.3 Å². The summed E-state index contributed by atoms with van der Waals surface area (Å²) in [4.78, 5) is 25.3. The molecule has 0 heterocycles. The second kappa shape index (κ2) is 8.98. The van der Waals surface area contributed by atoms with Crippen molar-refractivity contribution in [3.63, 3.8) is 0 Å². The molecule has 1 rings (SSSR count). The van der Waals surface area contributed by atoms with E-state index < -0.39 is 11.5 Å². The van der Waals surface area contributed by atoms with Gasteiger partial charge in [-0.3, -0.25) is 9.59 Å². The minimum atomic E-state index is -1.88. The van der Waals surface area contributed by atoms with Gasteiger partial charge in [-0.1, -0.05) is 48.0 Å². The van der Waals surface area contributed by atoms with Crippen LogP contribution >= 0.6 is 0 Å². The average Bonchev–Trinajstić information content (AvgIpc) is 2.75. The summed E-state index contributed by atoms with van der Waals surface area (Å²) < 4.78 is 0. The molecule has 0 aromatic heterocycles. The number of hydrogen-bond acceptors (Lipinski definition) is 4. The molecule has 0 amide bonds. The molecule has 0 saturated heterocycles. The SMILES string of the molecule is CC(C)CCC(=O)C1(O)C(O)=C(C(=O)CC(C)C)CC1CCC(C)C. The number of hydrogen-bond donors (Lipinski definition) is 2. The molecule has 0 aromatic rings. The van der Waals surface area contributed by atoms with Gasteiger partial charge in [0.25, 0.3) is 0 Å². The first-order valence-electron chi connectivity index (χ1n) is 9.71. The quantitative estimate of drug-likeness (QED) is 0.602. The van der Waals surface area contributed by atoms with Gasteiger partial charge in [-0.2, -0.15) is 0 Å². The number of aliphatic hydroxyl groups excluding tert-OH is 1. The van der Waals surface area contributed by atoms with Crippen molar-refractivity contribution in [1.82, 2.24) is 0 Å². The fourth-order valence-corrected chi connectivity index (χ4v) is 3.47. The molecule has 2 unspecified atom stereocenters. The zero-order valence-corrected chi connectivity index (χ0v) is 16.8. The Bertz CT molecular complexity index is 516. The predicted octanol–water partition coefficient (Wildman–Crippen LogP) is 4.61. The molecule has 0 fully saturated rings. The van der Waals surface area contributed by atoms with Gasteiger partial charge >= 0.3 is 0 Å². The van der Waals surface area contributed by atoms with E-state index in [0.717, 1.165) is 6.42 Å². The van der Waals surface area contributed by atoms with Crippen molar-refractivity contribution in [1.29, 1.82) is 0 Å². The van der Waals surface area contributed by atoms with E-state index in [2.05, 4.69) is 13.8 Å². The molecular formula is C21H36O4. The van der Waals surface area contributed by atoms with Crippen molar-refractivity contribution >= 4 is 11.6 Å². The maximum absolute atomic E-state index is 12.8. The molecule has 25 heavy (non-hydrogen) atoms. The van der Waals surface area contributed by atoms with Crippen LogP contribution in [0.4, 0.5) is 0 Å². The Kier molecular flexibility index (Phi) is 7.86. The smallest absolute Gasteiger partial charge is 0.183 e. The molecule has 4 nitrogen and oxygen atoms in total. The first-order valence-corrected chi connectivity index (χ1v) is 9.71. The number of carbonyl (C=O) groups is 2. The summed E-state index contributed by atoms with van der Waals surface area (Å²) in [6.45, 7) is 12.1. The van der Waals surface area contributed by atoms with E-state index in [1.807, 2.05) is 27.7 Å². The number of allylic oxidation sites excluding steroid dienone is 1. The largest absolute Gasteiger partial charge is 0.508 e. The fourth-order valence-electron chi connectivity index (χ4n) is 3.47. The highest BCUT2D eigenvalue weighted by Crippen LogP contribution is 2.44. The summed E-state index contributed by atoms with van der Waals surface area (Å²) in [6.07, 6.45) is 3.00. The number of ketones is 2. The number of carbonyl (C=O) groups excluding carboxylic acids is 2. The lowest BCUT2D eigenvalue weighted by Gasteiger charge is -2.30. The minimum Gasteiger partial charge on any atom is -0.508 e. The van der Waals surface area contributed by atoms with E-state index in [9.17, 15) is 19.8 Å². The maximum Gasteiger partial charge on any atom is 0.183 e. The fraction of sp³-hybridized carbons (Fsp3) is 0.810. The molecule has 2 atom stereocenters. The van der Waals surface area contributed by atoms with E-state index in [0.29, 0.717) is 37.5 Å². The Morgan fingerprint density at radius 1 is 1.04 bits per heavy atom. The van der Waals surface area contributed by atoms with Crippen LogP contribution in [-0.2, 0) is 9.59 Å². The van der Waals surface area contributed by atoms with Crippen molar-refractivity contribution in [2.45, 2.75) is 85.7 Å². The molecular weight excluding hydrogens is 316 g/mol. The number of Topliss-reactive ketones (excluding diaryl/α,β-unsaturated/α-hetero) is 2. The Hall–Kier alpha value is -1.16. The van der Waals surface area contributed by atoms with Gasteiger partial charge in [0.05, 0.1) is 0 Å². The summed E-state index contributed by atoms with van der Waals surface area (Å²) in [5.41, 5.74) is -1.62. The predicted molar refractivity (Wildman–Crippen MR) is 100 cm³/mol. The monoisotopic (exact) mass is 352 g/mol. The molecule has 4 heteroatoms. The molecule has 2 N–H and O–H groups in total. The van der Waals surface area contributed by atoms with Gasteiger partial charge in [0.1, 0.15) is 5.76 Å². The summed E-state index contributed by atoms with van der Waals surface area (Å²) in [7, 11) is 0. The highest BCUT2D eigenvalue weighted by atomic mass is 16.3. The van der Waals surface area contributed by atoms with Crippen LogP contribution in [0.25, 0.3) is 0 Å². The second-order valence-corrected chi connectivity index (χ2v) is 8.84. The van der Waals surface area contributed by atoms with Crippen molar-refractivity contribution in [3.05, 3.63) is 11.3 Å². The van der Waals surface area contributed by atoms with Crippen molar-refractivity contribution in [2.75, 3.05) is 0 Å². The van der Waals surface area contributed by atoms with Gasteiger partial charge in [0.15, 0.2) is 17.2 Å². The summed E-state index contributed by atoms with van der Waals surface area (Å²) in [5.74, 6) is -0.313. The third-order valence-corrected chi connectivity index (χ3v) is 5.08. The van der Waals surface area contributed by atoms with E-state index in [-0.39, 0.29) is 35.2 Å². The van der Waals surface area contributed by atoms with Crippen molar-refractivity contribution in [2.24, 2.45) is 23.7 Å². The second-order valence-electron chi connectivity index (χ2n) is 8.84. The van der Waals surface area contributed by atoms with Crippen molar-refractivity contribution < 1.29 is 19.8 Å². The van der Waals surface area contributed by atoms with Crippen molar-refractivity contribution in [3.8, 4) is 0 Å². The molecule has 1 aliphatic rings. The zero-order chi connectivity index (χ0) is 19.4. The lowest BCUT2D eigenvalue weighted by Crippen LogP contribution is -2.45. The van der Waals surface area contributed by atoms with Crippen LogP contribution in [0.2, 0.25) is 0 Å². The van der Waals surface area contributed by atoms with Gasteiger partial charge in [0.2, 0.25) is 0 Å². The Morgan fingerprint density at radius 2 is 1.60 bits per heavy atom. The third-order valence-electron chi connectivity index (χ3n) is 5.08. The Morgan fingerprint density at radius 3 is 2.08 bits per heavy atom. The molecule has 144 valence electrons. The topological polar surface area (TPSA) is 74.6 Å². The molecule has 0 saturated carbocycles. The maximum atomic E-state index is 12.8. The third kappa shape index (κ3) is 5.40. The van der Waals surface area contributed by atoms with Crippen LogP contribution < -0.4 is 0 Å². The van der Waals surface area contributed by atoms with E-state index in [1.54, 1.807) is 0 Å². The van der Waals surface area contributed by atoms with Gasteiger partial charge in [-0.05, 0) is 37.0 Å². The van der Waals surface area contributed by atoms with E-state index >= 15 is 0 Å². The average molecular weight is 353 g/mol. The first-order chi connectivity index (χ1) is 11.5. The summed E-state index contributed by atoms with van der Waals surface area (Å²) in [6, 6.07) is 0. The standard InChI is InChI=1S/C21H36O4/c1-13(2)7-9-16-12-17(18(22)11-15(5)6)20(24)21(16,25)19(23)10-8-14(3)4/h13-16,24-25H,7-12H2,1-6H3. The Balaban J connectivity index is 3.10. The summed E-state index contributed by atoms with van der Waals surface area (Å²) in [5, 5.41) is 21.8. The lowest BCUT2D eigenvalue weighted by atomic mass is 9.79. The van der Waals surface area contributed by atoms with E-state index in [4.69, 9.17) is 0 Å². The molecule has 1 aliphatic carbocycles. The molecule has 0 radical (unpaired) electrons. The zero-order valence-electron chi connectivity index (χ0n) is 16.8. The van der Waals surface area contributed by atoms with Crippen LogP contribution in [0, 0.1) is 23.7 Å². The van der Waals surface area contributed by atoms with Crippen LogP contribution in [0.3, 0.4) is 0 Å². The number of rotatable bonds is 10. The van der Waals surface area contributed by atoms with Gasteiger partial charge in [0, 0.05) is 24.3 Å². The summed E-state index contributed by atoms with van der Waals surface area (Å²) >= 11 is 0. The van der Waals surface area contributed by atoms with Crippen LogP contribution in [0.5, 0.6) is 0 Å². The Labute approximate surface area is 152 Å². The highest BCUT2D eigenvalue weighted by molar-refractivity contribution is 6.01. The molecule has 0 aromatic carbocycles. The number of aliphatic hydroxyl groups is 2. The lowest BCUT2D eigenvalue weighted by molar-refractivity contribution is -0.141. The van der Waals surface area contributed by atoms with E-state index in [1.165, 1.54) is 0 Å².